The third-order valence-electron chi connectivity index (χ3n) is 16.4. The summed E-state index contributed by atoms with van der Waals surface area (Å²) in [6, 6.07) is 14.8. The fourth-order valence-electron chi connectivity index (χ4n) is 12.4. The van der Waals surface area contributed by atoms with Crippen LogP contribution in [-0.4, -0.2) is 140 Å². The fourth-order valence-corrected chi connectivity index (χ4v) is 12.4. The highest BCUT2D eigenvalue weighted by molar-refractivity contribution is 5.94. The lowest BCUT2D eigenvalue weighted by Crippen LogP contribution is -2.82. The number of ether oxygens (including phenoxy) is 11. The zero-order valence-electron chi connectivity index (χ0n) is 46.6. The first-order chi connectivity index (χ1) is 36.3. The van der Waals surface area contributed by atoms with Crippen LogP contribution in [0.4, 0.5) is 9.59 Å². The van der Waals surface area contributed by atoms with Crippen molar-refractivity contribution in [2.45, 2.75) is 192 Å². The molecule has 19 nitrogen and oxygen atoms in total. The quantitative estimate of drug-likeness (QED) is 0.0765. The third kappa shape index (κ3) is 11.7. The van der Waals surface area contributed by atoms with Gasteiger partial charge in [-0.25, -0.2) is 19.2 Å². The number of carbonyl (C=O) groups is 6. The second-order valence-corrected chi connectivity index (χ2v) is 22.8. The lowest BCUT2D eigenvalue weighted by Gasteiger charge is -2.67. The van der Waals surface area contributed by atoms with Gasteiger partial charge in [0.15, 0.2) is 17.2 Å². The van der Waals surface area contributed by atoms with Crippen molar-refractivity contribution in [3.63, 3.8) is 0 Å². The molecule has 3 aliphatic carbocycles. The third-order valence-corrected chi connectivity index (χ3v) is 16.4. The molecule has 2 aromatic carbocycles. The SMILES string of the molecule is CCCCC1(CCCC)OC[C@H](COC(=O)O[C@@H](C(=O)O[C@H]2CC3(O)[C@@H](OC(=O)c4ccccc4)[C@@H]4[C@]5(OC(C)=O)CO[C@@H]5C[C@H](OC)[C@@]4(C)C(=O)[C@H](OC)C(=C2C)C3(C)C)[C@@H](NC(=O)OC(C)(C)C)c2ccccc2)O1. The molecule has 2 bridgehead atoms. The van der Waals surface area contributed by atoms with Gasteiger partial charge in [-0.3, -0.25) is 9.59 Å². The number of carbonyl (C=O) groups excluding carboxylic acids is 6. The summed E-state index contributed by atoms with van der Waals surface area (Å²) < 4.78 is 67.6. The van der Waals surface area contributed by atoms with E-state index in [2.05, 4.69) is 19.2 Å². The van der Waals surface area contributed by atoms with Crippen LogP contribution in [0.25, 0.3) is 0 Å². The Morgan fingerprint density at radius 1 is 0.896 bits per heavy atom. The van der Waals surface area contributed by atoms with Crippen LogP contribution >= 0.6 is 0 Å². The molecule has 2 aromatic rings. The molecular weight excluding hydrogens is 999 g/mol. The van der Waals surface area contributed by atoms with Crippen LogP contribution in [0.5, 0.6) is 0 Å². The summed E-state index contributed by atoms with van der Waals surface area (Å²) >= 11 is 0. The van der Waals surface area contributed by atoms with Crippen molar-refractivity contribution in [2.75, 3.05) is 34.0 Å². The van der Waals surface area contributed by atoms with Gasteiger partial charge in [0.1, 0.15) is 54.4 Å². The molecule has 19 heteroatoms. The minimum Gasteiger partial charge on any atom is -0.455 e. The molecule has 2 saturated carbocycles. The lowest BCUT2D eigenvalue weighted by atomic mass is 9.44. The van der Waals surface area contributed by atoms with E-state index in [0.717, 1.165) is 25.7 Å². The van der Waals surface area contributed by atoms with Gasteiger partial charge in [0, 0.05) is 52.2 Å². The fraction of sp³-hybridized carbons (Fsp3) is 0.655. The average molecular weight is 1080 g/mol. The van der Waals surface area contributed by atoms with E-state index >= 15 is 9.59 Å². The molecule has 7 rings (SSSR count). The van der Waals surface area contributed by atoms with Gasteiger partial charge in [0.05, 0.1) is 36.2 Å². The number of rotatable bonds is 19. The zero-order chi connectivity index (χ0) is 56.3. The van der Waals surface area contributed by atoms with Crippen LogP contribution < -0.4 is 5.32 Å². The number of esters is 3. The van der Waals surface area contributed by atoms with Crippen LogP contribution in [0, 0.1) is 16.7 Å². The number of amides is 1. The maximum absolute atomic E-state index is 15.9. The normalized spacial score (nSPS) is 30.9. The largest absolute Gasteiger partial charge is 0.509 e. The Labute approximate surface area is 451 Å². The molecule has 0 spiro atoms. The molecule has 4 fully saturated rings. The number of unbranched alkanes of at least 4 members (excludes halogenated alkanes) is 2. The number of alkyl carbamates (subject to hydrolysis) is 1. The molecule has 2 aliphatic heterocycles. The van der Waals surface area contributed by atoms with Gasteiger partial charge in [-0.15, -0.1) is 0 Å². The van der Waals surface area contributed by atoms with Crippen molar-refractivity contribution >= 4 is 35.9 Å². The zero-order valence-corrected chi connectivity index (χ0v) is 46.6. The summed E-state index contributed by atoms with van der Waals surface area (Å²) in [6.07, 6.45) is -6.96. The summed E-state index contributed by atoms with van der Waals surface area (Å²) in [4.78, 5) is 87.0. The topological polar surface area (TPSA) is 236 Å². The highest BCUT2D eigenvalue weighted by Crippen LogP contribution is 2.65. The summed E-state index contributed by atoms with van der Waals surface area (Å²) in [6.45, 7) is 16.6. The second kappa shape index (κ2) is 23.5. The number of benzene rings is 2. The molecule has 0 radical (unpaired) electrons. The highest BCUT2D eigenvalue weighted by atomic mass is 16.8. The molecule has 1 amide bonds. The van der Waals surface area contributed by atoms with Crippen molar-refractivity contribution in [1.82, 2.24) is 5.32 Å². The summed E-state index contributed by atoms with van der Waals surface area (Å²) in [5, 5.41) is 16.8. The Morgan fingerprint density at radius 3 is 2.09 bits per heavy atom. The number of hydrogen-bond acceptors (Lipinski definition) is 18. The van der Waals surface area contributed by atoms with Crippen molar-refractivity contribution in [2.24, 2.45) is 16.7 Å². The minimum atomic E-state index is -2.32. The van der Waals surface area contributed by atoms with E-state index in [4.69, 9.17) is 52.1 Å². The average Bonchev–Trinajstić information content (AvgIpc) is 3.85. The Kier molecular flexibility index (Phi) is 18.1. The summed E-state index contributed by atoms with van der Waals surface area (Å²) in [5.41, 5.74) is -7.34. The van der Waals surface area contributed by atoms with Gasteiger partial charge >= 0.3 is 30.2 Å². The van der Waals surface area contributed by atoms with Crippen LogP contribution in [0.1, 0.15) is 143 Å². The van der Waals surface area contributed by atoms with Crippen molar-refractivity contribution < 1.29 is 86.0 Å². The molecule has 2 heterocycles. The van der Waals surface area contributed by atoms with Crippen LogP contribution in [0.15, 0.2) is 71.8 Å². The van der Waals surface area contributed by atoms with Crippen LogP contribution in [0.2, 0.25) is 0 Å². The van der Waals surface area contributed by atoms with Gasteiger partial charge in [-0.1, -0.05) is 89.1 Å². The minimum absolute atomic E-state index is 0.0856. The number of ketones is 1. The van der Waals surface area contributed by atoms with E-state index in [1.807, 2.05) is 0 Å². The standard InChI is InChI=1S/C58H79NO18/c1-13-15-27-56(28-16-14-2)71-32-38(76-56)31-69-52(65)73-45(43(36-23-19-17-20-24-36)59-51(64)77-53(5,6)7)50(63)72-39-30-58(66)48(74-49(62)37-25-21-18-22-26-37)46-55(10,47(61)44(68-12)42(34(39)3)54(58,8)9)40(67-11)29-41-57(46,33-70-41)75-35(4)60/h17-26,38-41,43-46,48,66H,13-16,27-33H2,1-12H3,(H,59,64)/t38-,39-,40-,41+,43-,44+,45+,46-,48-,55+,57-,58?/m0/s1. The summed E-state index contributed by atoms with van der Waals surface area (Å²) in [5.74, 6) is -5.56. The summed E-state index contributed by atoms with van der Waals surface area (Å²) in [7, 11) is 2.77. The molecule has 1 unspecified atom stereocenters. The molecule has 424 valence electrons. The maximum Gasteiger partial charge on any atom is 0.509 e. The number of hydrogen-bond donors (Lipinski definition) is 2. The predicted octanol–water partition coefficient (Wildman–Crippen LogP) is 8.22. The Morgan fingerprint density at radius 2 is 1.53 bits per heavy atom. The van der Waals surface area contributed by atoms with Gasteiger partial charge in [-0.05, 0) is 76.3 Å². The van der Waals surface area contributed by atoms with E-state index in [1.54, 1.807) is 97.0 Å². The second-order valence-electron chi connectivity index (χ2n) is 22.8. The predicted molar refractivity (Wildman–Crippen MR) is 276 cm³/mol. The van der Waals surface area contributed by atoms with E-state index in [1.165, 1.54) is 33.3 Å². The van der Waals surface area contributed by atoms with Crippen molar-refractivity contribution in [3.05, 3.63) is 82.9 Å². The number of Topliss-reactive ketones (excluding diaryl/α,β-unsaturated/α-hetero) is 1. The number of aliphatic hydroxyl groups is 1. The molecule has 77 heavy (non-hydrogen) atoms. The number of nitrogens with one attached hydrogen (secondary N) is 1. The van der Waals surface area contributed by atoms with E-state index in [0.29, 0.717) is 24.0 Å². The Bertz CT molecular complexity index is 2480. The van der Waals surface area contributed by atoms with Gasteiger partial charge < -0.3 is 62.5 Å². The van der Waals surface area contributed by atoms with E-state index in [-0.39, 0.29) is 37.4 Å². The van der Waals surface area contributed by atoms with Gasteiger partial charge in [-0.2, -0.15) is 0 Å². The molecule has 5 aliphatic rings. The molecule has 2 saturated heterocycles. The molecule has 2 N–H and O–H groups in total. The van der Waals surface area contributed by atoms with Crippen LogP contribution in [0.3, 0.4) is 0 Å². The van der Waals surface area contributed by atoms with Crippen molar-refractivity contribution in [3.8, 4) is 0 Å². The highest BCUT2D eigenvalue weighted by Gasteiger charge is 2.78. The Hall–Kier alpha value is -5.44. The number of methoxy groups -OCH3 is 2. The smallest absolute Gasteiger partial charge is 0.455 e. The molecule has 0 aromatic heterocycles. The Balaban J connectivity index is 1.33. The molecule has 12 atom stereocenters. The van der Waals surface area contributed by atoms with Crippen LogP contribution in [-0.2, 0) is 66.5 Å². The maximum atomic E-state index is 15.9. The van der Waals surface area contributed by atoms with Crippen molar-refractivity contribution in [1.29, 1.82) is 0 Å². The molecular formula is C58H79NO18. The van der Waals surface area contributed by atoms with Gasteiger partial charge in [0.25, 0.3) is 0 Å². The van der Waals surface area contributed by atoms with E-state index < -0.39 is 130 Å². The first kappa shape index (κ1) is 59.2. The van der Waals surface area contributed by atoms with Gasteiger partial charge in [0.2, 0.25) is 6.10 Å². The number of fused-ring (bicyclic) bond motifs is 5. The first-order valence-electron chi connectivity index (χ1n) is 26.9. The van der Waals surface area contributed by atoms with E-state index in [9.17, 15) is 24.3 Å². The first-order valence-corrected chi connectivity index (χ1v) is 26.9. The monoisotopic (exact) mass is 1080 g/mol. The lowest BCUT2D eigenvalue weighted by molar-refractivity contribution is -0.347.